The molecule has 15 heavy (non-hydrogen) atoms. The summed E-state index contributed by atoms with van der Waals surface area (Å²) in [6, 6.07) is 9.91. The molecule has 0 aliphatic rings. The molecule has 76 valence electrons. The monoisotopic (exact) mass is 204 g/mol. The number of pyridine rings is 1. The average Bonchev–Trinajstić information content (AvgIpc) is 2.27. The lowest BCUT2D eigenvalue weighted by atomic mass is 10.1. The Morgan fingerprint density at radius 2 is 2.20 bits per heavy atom. The van der Waals surface area contributed by atoms with Crippen molar-refractivity contribution in [3.63, 3.8) is 0 Å². The van der Waals surface area contributed by atoms with Gasteiger partial charge in [-0.05, 0) is 17.7 Å². The summed E-state index contributed by atoms with van der Waals surface area (Å²) >= 11 is 0. The van der Waals surface area contributed by atoms with Gasteiger partial charge in [-0.15, -0.1) is 0 Å². The number of aromatic hydroxyl groups is 1. The molecule has 1 aromatic heterocycles. The molecule has 2 rings (SSSR count). The van der Waals surface area contributed by atoms with Crippen LogP contribution in [0.2, 0.25) is 0 Å². The highest BCUT2D eigenvalue weighted by molar-refractivity contribution is 5.70. The highest BCUT2D eigenvalue weighted by atomic mass is 16.5. The van der Waals surface area contributed by atoms with Crippen LogP contribution in [0.1, 0.15) is 4.11 Å². The molecule has 0 bridgehead atoms. The first-order valence-electron chi connectivity index (χ1n) is 5.89. The average molecular weight is 204 g/mol. The number of hydrogen-bond donors (Lipinski definition) is 1. The Bertz CT molecular complexity index is 555. The minimum Gasteiger partial charge on any atom is -0.507 e. The van der Waals surface area contributed by atoms with Crippen LogP contribution in [0.25, 0.3) is 11.1 Å². The zero-order valence-electron chi connectivity index (χ0n) is 10.8. The molecule has 0 spiro atoms. The highest BCUT2D eigenvalue weighted by Crippen LogP contribution is 2.29. The molecule has 1 aromatic carbocycles. The van der Waals surface area contributed by atoms with Crippen molar-refractivity contribution < 1.29 is 14.0 Å². The fourth-order valence-corrected chi connectivity index (χ4v) is 1.35. The van der Waals surface area contributed by atoms with Crippen LogP contribution in [0.3, 0.4) is 0 Å². The van der Waals surface area contributed by atoms with Gasteiger partial charge in [0, 0.05) is 17.8 Å². The minimum atomic E-state index is -2.54. The normalized spacial score (nSPS) is 13.7. The van der Waals surface area contributed by atoms with Gasteiger partial charge in [-0.2, -0.15) is 0 Å². The number of methoxy groups -OCH3 is 1. The number of phenolic OH excluding ortho intramolecular Hbond substituents is 1. The van der Waals surface area contributed by atoms with Crippen molar-refractivity contribution in [2.75, 3.05) is 7.04 Å². The minimum absolute atomic E-state index is 0.00393. The van der Waals surface area contributed by atoms with E-state index < -0.39 is 7.04 Å². The number of benzene rings is 1. The molecule has 0 amide bonds. The van der Waals surface area contributed by atoms with Crippen molar-refractivity contribution in [1.82, 2.24) is 4.98 Å². The van der Waals surface area contributed by atoms with Crippen molar-refractivity contribution in [1.29, 1.82) is 0 Å². The third-order valence-electron chi connectivity index (χ3n) is 2.05. The molecule has 0 radical (unpaired) electrons. The Hall–Kier alpha value is -2.03. The van der Waals surface area contributed by atoms with Gasteiger partial charge in [-0.25, -0.2) is 4.98 Å². The summed E-state index contributed by atoms with van der Waals surface area (Å²) in [5, 5.41) is 9.72. The van der Waals surface area contributed by atoms with E-state index in [0.717, 1.165) is 0 Å². The standard InChI is InChI=1S/C12H11NO2/c1-15-12-8-9(6-7-13-12)10-4-2-3-5-11(10)14/h2-8,14H,1H3/i1D3. The number of hydrogen-bond acceptors (Lipinski definition) is 3. The van der Waals surface area contributed by atoms with Crippen molar-refractivity contribution in [2.24, 2.45) is 0 Å². The zero-order chi connectivity index (χ0) is 13.2. The summed E-state index contributed by atoms with van der Waals surface area (Å²) < 4.78 is 25.7. The van der Waals surface area contributed by atoms with Crippen LogP contribution in [0.5, 0.6) is 11.6 Å². The molecule has 0 unspecified atom stereocenters. The predicted octanol–water partition coefficient (Wildman–Crippen LogP) is 2.46. The second-order valence-corrected chi connectivity index (χ2v) is 3.00. The summed E-state index contributed by atoms with van der Waals surface area (Å²) in [5.41, 5.74) is 1.23. The van der Waals surface area contributed by atoms with Gasteiger partial charge in [0.15, 0.2) is 0 Å². The van der Waals surface area contributed by atoms with Gasteiger partial charge in [0.25, 0.3) is 0 Å². The maximum absolute atomic E-state index is 9.72. The van der Waals surface area contributed by atoms with Crippen molar-refractivity contribution in [3.8, 4) is 22.8 Å². The van der Waals surface area contributed by atoms with Crippen molar-refractivity contribution in [3.05, 3.63) is 42.6 Å². The van der Waals surface area contributed by atoms with Crippen LogP contribution in [0.15, 0.2) is 42.6 Å². The molecule has 0 aliphatic carbocycles. The van der Waals surface area contributed by atoms with Crippen LogP contribution < -0.4 is 4.74 Å². The van der Waals surface area contributed by atoms with Crippen LogP contribution >= 0.6 is 0 Å². The SMILES string of the molecule is [2H]C([2H])([2H])Oc1cc(-c2ccccc2O)ccn1. The molecule has 0 atom stereocenters. The number of ether oxygens (including phenoxy) is 1. The van der Waals surface area contributed by atoms with Gasteiger partial charge in [0.1, 0.15) is 5.75 Å². The second kappa shape index (κ2) is 4.00. The van der Waals surface area contributed by atoms with Gasteiger partial charge in [0.2, 0.25) is 5.88 Å². The number of rotatable bonds is 2. The Kier molecular flexibility index (Phi) is 1.72. The molecular formula is C12H11NO2. The van der Waals surface area contributed by atoms with E-state index in [0.29, 0.717) is 11.1 Å². The zero-order valence-corrected chi connectivity index (χ0v) is 7.84. The van der Waals surface area contributed by atoms with E-state index in [1.54, 1.807) is 30.3 Å². The first-order chi connectivity index (χ1) is 8.46. The smallest absolute Gasteiger partial charge is 0.213 e. The fraction of sp³-hybridized carbons (Fsp3) is 0.0833. The van der Waals surface area contributed by atoms with E-state index in [9.17, 15) is 5.11 Å². The lowest BCUT2D eigenvalue weighted by molar-refractivity contribution is 0.398. The summed E-state index contributed by atoms with van der Waals surface area (Å²) in [7, 11) is -2.54. The molecule has 3 nitrogen and oxygen atoms in total. The predicted molar refractivity (Wildman–Crippen MR) is 57.9 cm³/mol. The second-order valence-electron chi connectivity index (χ2n) is 3.00. The summed E-state index contributed by atoms with van der Waals surface area (Å²) in [4.78, 5) is 3.82. The maximum Gasteiger partial charge on any atom is 0.213 e. The molecule has 0 saturated heterocycles. The first-order valence-corrected chi connectivity index (χ1v) is 4.39. The lowest BCUT2D eigenvalue weighted by Crippen LogP contribution is -1.87. The topological polar surface area (TPSA) is 42.4 Å². The van der Waals surface area contributed by atoms with Crippen LogP contribution in [0, 0.1) is 0 Å². The number of aromatic nitrogens is 1. The van der Waals surface area contributed by atoms with E-state index in [1.165, 1.54) is 12.3 Å². The lowest BCUT2D eigenvalue weighted by Gasteiger charge is -2.05. The van der Waals surface area contributed by atoms with E-state index >= 15 is 0 Å². The molecule has 2 aromatic rings. The number of para-hydroxylation sites is 1. The van der Waals surface area contributed by atoms with Crippen LogP contribution in [0.4, 0.5) is 0 Å². The fourth-order valence-electron chi connectivity index (χ4n) is 1.35. The highest BCUT2D eigenvalue weighted by Gasteiger charge is 2.04. The third-order valence-corrected chi connectivity index (χ3v) is 2.05. The molecular weight excluding hydrogens is 190 g/mol. The van der Waals surface area contributed by atoms with Gasteiger partial charge < -0.3 is 9.84 Å². The van der Waals surface area contributed by atoms with E-state index in [1.807, 2.05) is 0 Å². The Morgan fingerprint density at radius 1 is 1.33 bits per heavy atom. The van der Waals surface area contributed by atoms with Crippen LogP contribution in [-0.4, -0.2) is 17.1 Å². The number of nitrogens with zero attached hydrogens (tertiary/aromatic N) is 1. The van der Waals surface area contributed by atoms with E-state index in [4.69, 9.17) is 8.85 Å². The van der Waals surface area contributed by atoms with Gasteiger partial charge in [-0.3, -0.25) is 0 Å². The summed E-state index contributed by atoms with van der Waals surface area (Å²) in [5.74, 6) is 0.110. The van der Waals surface area contributed by atoms with E-state index in [-0.39, 0.29) is 11.6 Å². The van der Waals surface area contributed by atoms with Gasteiger partial charge in [-0.1, -0.05) is 18.2 Å². The summed E-state index contributed by atoms with van der Waals surface area (Å²) in [6.07, 6.45) is 1.43. The molecule has 1 N–H and O–H groups in total. The molecule has 0 saturated carbocycles. The molecule has 0 aliphatic heterocycles. The third kappa shape index (κ3) is 1.91. The van der Waals surface area contributed by atoms with Crippen molar-refractivity contribution in [2.45, 2.75) is 0 Å². The van der Waals surface area contributed by atoms with Crippen molar-refractivity contribution >= 4 is 0 Å². The summed E-state index contributed by atoms with van der Waals surface area (Å²) in [6.45, 7) is 0. The van der Waals surface area contributed by atoms with Gasteiger partial charge >= 0.3 is 0 Å². The first kappa shape index (κ1) is 6.45. The Morgan fingerprint density at radius 3 is 3.00 bits per heavy atom. The Balaban J connectivity index is 2.36. The Labute approximate surface area is 92.2 Å². The quantitative estimate of drug-likeness (QED) is 0.817. The molecule has 3 heteroatoms. The van der Waals surface area contributed by atoms with Gasteiger partial charge in [0.05, 0.1) is 11.2 Å². The maximum atomic E-state index is 9.72. The van der Waals surface area contributed by atoms with E-state index in [2.05, 4.69) is 4.98 Å². The molecule has 1 heterocycles. The van der Waals surface area contributed by atoms with Crippen LogP contribution in [-0.2, 0) is 0 Å². The molecule has 0 fully saturated rings. The largest absolute Gasteiger partial charge is 0.507 e. The number of phenols is 1.